The molecular formula is C15H24FN3O. The summed E-state index contributed by atoms with van der Waals surface area (Å²) in [5.74, 6) is -0.245. The summed E-state index contributed by atoms with van der Waals surface area (Å²) in [7, 11) is 0. The van der Waals surface area contributed by atoms with Gasteiger partial charge in [0, 0.05) is 18.3 Å². The first kappa shape index (κ1) is 16.4. The Morgan fingerprint density at radius 1 is 1.35 bits per heavy atom. The third kappa shape index (κ3) is 5.17. The van der Waals surface area contributed by atoms with Crippen molar-refractivity contribution in [3.63, 3.8) is 0 Å². The summed E-state index contributed by atoms with van der Waals surface area (Å²) in [6.07, 6.45) is 0. The molecule has 112 valence electrons. The Morgan fingerprint density at radius 2 is 2.00 bits per heavy atom. The Hall–Kier alpha value is -1.62. The van der Waals surface area contributed by atoms with E-state index >= 15 is 0 Å². The first-order chi connectivity index (χ1) is 9.29. The summed E-state index contributed by atoms with van der Waals surface area (Å²) in [4.78, 5) is 14.1. The van der Waals surface area contributed by atoms with Crippen molar-refractivity contribution >= 4 is 17.3 Å². The van der Waals surface area contributed by atoms with Crippen LogP contribution in [0.1, 0.15) is 27.7 Å². The van der Waals surface area contributed by atoms with E-state index in [2.05, 4.69) is 24.1 Å². The van der Waals surface area contributed by atoms with Gasteiger partial charge < -0.3 is 11.1 Å². The molecule has 0 unspecified atom stereocenters. The first-order valence-corrected chi connectivity index (χ1v) is 6.88. The molecule has 5 heteroatoms. The molecule has 0 heterocycles. The van der Waals surface area contributed by atoms with Crippen molar-refractivity contribution < 1.29 is 9.18 Å². The number of halogens is 1. The van der Waals surface area contributed by atoms with E-state index in [1.807, 2.05) is 13.8 Å². The number of amides is 1. The molecule has 0 radical (unpaired) electrons. The predicted octanol–water partition coefficient (Wildman–Crippen LogP) is 2.71. The second-order valence-corrected chi connectivity index (χ2v) is 5.70. The molecule has 0 spiro atoms. The maximum absolute atomic E-state index is 13.6. The molecule has 1 rings (SSSR count). The summed E-state index contributed by atoms with van der Waals surface area (Å²) >= 11 is 0. The molecule has 1 aromatic rings. The number of carbonyl (C=O) groups excluding carboxylic acids is 1. The van der Waals surface area contributed by atoms with E-state index in [9.17, 15) is 9.18 Å². The van der Waals surface area contributed by atoms with E-state index in [1.165, 1.54) is 18.2 Å². The molecule has 0 bridgehead atoms. The van der Waals surface area contributed by atoms with Crippen LogP contribution >= 0.6 is 0 Å². The zero-order valence-corrected chi connectivity index (χ0v) is 12.6. The molecule has 0 fully saturated rings. The van der Waals surface area contributed by atoms with Crippen LogP contribution in [0.25, 0.3) is 0 Å². The van der Waals surface area contributed by atoms with Gasteiger partial charge in [0.15, 0.2) is 0 Å². The standard InChI is InChI=1S/C15H24FN3O/c1-10(2)8-19(11(3)4)9-15(20)18-14-7-12(17)5-6-13(14)16/h5-7,10-11H,8-9,17H2,1-4H3,(H,18,20). The van der Waals surface area contributed by atoms with Gasteiger partial charge in [-0.25, -0.2) is 4.39 Å². The summed E-state index contributed by atoms with van der Waals surface area (Å²) < 4.78 is 13.6. The number of benzene rings is 1. The van der Waals surface area contributed by atoms with Gasteiger partial charge in [0.2, 0.25) is 5.91 Å². The van der Waals surface area contributed by atoms with E-state index < -0.39 is 5.82 Å². The van der Waals surface area contributed by atoms with Gasteiger partial charge in [-0.1, -0.05) is 13.8 Å². The van der Waals surface area contributed by atoms with Crippen LogP contribution in [0.2, 0.25) is 0 Å². The van der Waals surface area contributed by atoms with Crippen LogP contribution in [-0.4, -0.2) is 29.9 Å². The fraction of sp³-hybridized carbons (Fsp3) is 0.533. The number of rotatable bonds is 6. The van der Waals surface area contributed by atoms with Crippen LogP contribution in [-0.2, 0) is 4.79 Å². The van der Waals surface area contributed by atoms with Gasteiger partial charge in [-0.15, -0.1) is 0 Å². The predicted molar refractivity (Wildman–Crippen MR) is 81.0 cm³/mol. The first-order valence-electron chi connectivity index (χ1n) is 6.88. The lowest BCUT2D eigenvalue weighted by Gasteiger charge is -2.27. The molecule has 0 aliphatic rings. The van der Waals surface area contributed by atoms with Crippen molar-refractivity contribution in [1.82, 2.24) is 4.90 Å². The van der Waals surface area contributed by atoms with Crippen molar-refractivity contribution in [3.8, 4) is 0 Å². The molecule has 20 heavy (non-hydrogen) atoms. The fourth-order valence-corrected chi connectivity index (χ4v) is 1.94. The minimum atomic E-state index is -0.479. The van der Waals surface area contributed by atoms with Crippen molar-refractivity contribution in [2.75, 3.05) is 24.1 Å². The summed E-state index contributed by atoms with van der Waals surface area (Å²) in [6, 6.07) is 4.40. The van der Waals surface area contributed by atoms with Gasteiger partial charge in [0.25, 0.3) is 0 Å². The van der Waals surface area contributed by atoms with Crippen LogP contribution in [0.15, 0.2) is 18.2 Å². The van der Waals surface area contributed by atoms with E-state index in [4.69, 9.17) is 5.73 Å². The number of carbonyl (C=O) groups is 1. The molecule has 3 N–H and O–H groups in total. The molecule has 0 aliphatic heterocycles. The average molecular weight is 281 g/mol. The molecule has 4 nitrogen and oxygen atoms in total. The minimum Gasteiger partial charge on any atom is -0.399 e. The van der Waals surface area contributed by atoms with Crippen LogP contribution < -0.4 is 11.1 Å². The van der Waals surface area contributed by atoms with Gasteiger partial charge in [-0.3, -0.25) is 9.69 Å². The third-order valence-electron chi connectivity index (χ3n) is 2.94. The third-order valence-corrected chi connectivity index (χ3v) is 2.94. The molecule has 0 aliphatic carbocycles. The second-order valence-electron chi connectivity index (χ2n) is 5.70. The van der Waals surface area contributed by atoms with Gasteiger partial charge in [0.05, 0.1) is 12.2 Å². The Kier molecular flexibility index (Phi) is 5.95. The second kappa shape index (κ2) is 7.24. The number of nitrogens with one attached hydrogen (secondary N) is 1. The summed E-state index contributed by atoms with van der Waals surface area (Å²) in [6.45, 7) is 9.35. The lowest BCUT2D eigenvalue weighted by Crippen LogP contribution is -2.40. The highest BCUT2D eigenvalue weighted by Gasteiger charge is 2.16. The number of anilines is 2. The fourth-order valence-electron chi connectivity index (χ4n) is 1.94. The zero-order chi connectivity index (χ0) is 15.3. The molecule has 0 atom stereocenters. The Morgan fingerprint density at radius 3 is 2.55 bits per heavy atom. The van der Waals surface area contributed by atoms with Crippen molar-refractivity contribution in [3.05, 3.63) is 24.0 Å². The van der Waals surface area contributed by atoms with Crippen LogP contribution in [0.5, 0.6) is 0 Å². The van der Waals surface area contributed by atoms with E-state index in [1.54, 1.807) is 0 Å². The van der Waals surface area contributed by atoms with E-state index in [0.29, 0.717) is 11.6 Å². The van der Waals surface area contributed by atoms with Crippen LogP contribution in [0, 0.1) is 11.7 Å². The largest absolute Gasteiger partial charge is 0.399 e. The number of nitrogens with zero attached hydrogens (tertiary/aromatic N) is 1. The van der Waals surface area contributed by atoms with E-state index in [-0.39, 0.29) is 24.2 Å². The molecule has 1 aromatic carbocycles. The number of hydrogen-bond acceptors (Lipinski definition) is 3. The molecule has 0 saturated carbocycles. The molecule has 1 amide bonds. The Bertz CT molecular complexity index is 460. The summed E-state index contributed by atoms with van der Waals surface area (Å²) in [5.41, 5.74) is 6.14. The van der Waals surface area contributed by atoms with Crippen molar-refractivity contribution in [2.24, 2.45) is 5.92 Å². The SMILES string of the molecule is CC(C)CN(CC(=O)Nc1cc(N)ccc1F)C(C)C. The molecular weight excluding hydrogens is 257 g/mol. The minimum absolute atomic E-state index is 0.128. The smallest absolute Gasteiger partial charge is 0.238 e. The molecule has 0 aromatic heterocycles. The van der Waals surface area contributed by atoms with Crippen LogP contribution in [0.4, 0.5) is 15.8 Å². The van der Waals surface area contributed by atoms with Gasteiger partial charge in [-0.05, 0) is 38.0 Å². The van der Waals surface area contributed by atoms with Gasteiger partial charge >= 0.3 is 0 Å². The topological polar surface area (TPSA) is 58.4 Å². The highest BCUT2D eigenvalue weighted by Crippen LogP contribution is 2.17. The lowest BCUT2D eigenvalue weighted by atomic mass is 10.2. The van der Waals surface area contributed by atoms with Crippen molar-refractivity contribution in [1.29, 1.82) is 0 Å². The van der Waals surface area contributed by atoms with Crippen LogP contribution in [0.3, 0.4) is 0 Å². The molecule has 0 saturated heterocycles. The number of hydrogen-bond donors (Lipinski definition) is 2. The highest BCUT2D eigenvalue weighted by atomic mass is 19.1. The van der Waals surface area contributed by atoms with Crippen molar-refractivity contribution in [2.45, 2.75) is 33.7 Å². The maximum atomic E-state index is 13.6. The normalized spacial score (nSPS) is 11.4. The van der Waals surface area contributed by atoms with Gasteiger partial charge in [-0.2, -0.15) is 0 Å². The quantitative estimate of drug-likeness (QED) is 0.788. The van der Waals surface area contributed by atoms with Gasteiger partial charge in [0.1, 0.15) is 5.82 Å². The zero-order valence-electron chi connectivity index (χ0n) is 12.6. The number of nitrogen functional groups attached to an aromatic ring is 1. The monoisotopic (exact) mass is 281 g/mol. The Labute approximate surface area is 120 Å². The maximum Gasteiger partial charge on any atom is 0.238 e. The number of nitrogens with two attached hydrogens (primary N) is 1. The Balaban J connectivity index is 2.68. The lowest BCUT2D eigenvalue weighted by molar-refractivity contribution is -0.117. The highest BCUT2D eigenvalue weighted by molar-refractivity contribution is 5.92. The average Bonchev–Trinajstić information content (AvgIpc) is 2.32. The van der Waals surface area contributed by atoms with E-state index in [0.717, 1.165) is 6.54 Å². The summed E-state index contributed by atoms with van der Waals surface area (Å²) in [5, 5.41) is 2.57.